The van der Waals surface area contributed by atoms with Gasteiger partial charge in [-0.15, -0.1) is 0 Å². The molecular weight excluding hydrogens is 334 g/mol. The Kier molecular flexibility index (Phi) is 7.48. The number of carbonyl (C=O) groups is 1. The van der Waals surface area contributed by atoms with Crippen LogP contribution in [0.1, 0.15) is 37.8 Å². The topological polar surface area (TPSA) is 38.3 Å². The van der Waals surface area contributed by atoms with E-state index < -0.39 is 0 Å². The van der Waals surface area contributed by atoms with Crippen LogP contribution in [0.25, 0.3) is 0 Å². The van der Waals surface area contributed by atoms with Gasteiger partial charge in [0.25, 0.3) is 0 Å². The van der Waals surface area contributed by atoms with Crippen LogP contribution in [0.15, 0.2) is 54.6 Å². The van der Waals surface area contributed by atoms with E-state index in [9.17, 15) is 4.79 Å². The molecule has 0 heterocycles. The lowest BCUT2D eigenvalue weighted by atomic mass is 9.94. The first kappa shape index (κ1) is 19.5. The SMILES string of the molecule is CC(C)(Cc1ccccc1Cl)NC(=O)CCCOCc1ccccc1. The number of nitrogens with one attached hydrogen (secondary N) is 1. The lowest BCUT2D eigenvalue weighted by molar-refractivity contribution is -0.123. The fraction of sp³-hybridized carbons (Fsp3) is 0.381. The van der Waals surface area contributed by atoms with Gasteiger partial charge in [-0.2, -0.15) is 0 Å². The highest BCUT2D eigenvalue weighted by atomic mass is 35.5. The molecular formula is C21H26ClNO2. The molecule has 0 saturated heterocycles. The third-order valence-electron chi connectivity index (χ3n) is 3.87. The van der Waals surface area contributed by atoms with E-state index in [-0.39, 0.29) is 11.4 Å². The fourth-order valence-electron chi connectivity index (χ4n) is 2.70. The quantitative estimate of drug-likeness (QED) is 0.654. The molecule has 3 nitrogen and oxygen atoms in total. The molecule has 0 fully saturated rings. The Morgan fingerprint density at radius 3 is 2.48 bits per heavy atom. The van der Waals surface area contributed by atoms with Crippen LogP contribution in [0.2, 0.25) is 5.02 Å². The minimum absolute atomic E-state index is 0.0420. The standard InChI is InChI=1S/C21H26ClNO2/c1-21(2,15-18-11-6-7-12-19(18)22)23-20(24)13-8-14-25-16-17-9-4-3-5-10-17/h3-7,9-12H,8,13-16H2,1-2H3,(H,23,24). The number of benzene rings is 2. The molecule has 0 saturated carbocycles. The van der Waals surface area contributed by atoms with Crippen molar-refractivity contribution in [3.63, 3.8) is 0 Å². The minimum atomic E-state index is -0.340. The molecule has 4 heteroatoms. The lowest BCUT2D eigenvalue weighted by Crippen LogP contribution is -2.45. The van der Waals surface area contributed by atoms with Crippen LogP contribution in [0.3, 0.4) is 0 Å². The summed E-state index contributed by atoms with van der Waals surface area (Å²) in [6, 6.07) is 17.8. The Morgan fingerprint density at radius 2 is 1.76 bits per heavy atom. The van der Waals surface area contributed by atoms with Crippen molar-refractivity contribution in [3.05, 3.63) is 70.7 Å². The van der Waals surface area contributed by atoms with Crippen LogP contribution in [-0.2, 0) is 22.6 Å². The Morgan fingerprint density at radius 1 is 1.08 bits per heavy atom. The number of carbonyl (C=O) groups excluding carboxylic acids is 1. The van der Waals surface area contributed by atoms with Gasteiger partial charge in [0.2, 0.25) is 5.91 Å². The van der Waals surface area contributed by atoms with Crippen molar-refractivity contribution >= 4 is 17.5 Å². The highest BCUT2D eigenvalue weighted by Crippen LogP contribution is 2.20. The molecule has 0 unspecified atom stereocenters. The van der Waals surface area contributed by atoms with Gasteiger partial charge in [0.05, 0.1) is 6.61 Å². The van der Waals surface area contributed by atoms with E-state index in [0.717, 1.165) is 16.1 Å². The van der Waals surface area contributed by atoms with Crippen LogP contribution in [0, 0.1) is 0 Å². The molecule has 2 rings (SSSR count). The van der Waals surface area contributed by atoms with Gasteiger partial charge in [0.1, 0.15) is 0 Å². The molecule has 0 atom stereocenters. The maximum atomic E-state index is 12.2. The molecule has 0 aromatic heterocycles. The molecule has 0 radical (unpaired) electrons. The van der Waals surface area contributed by atoms with Crippen molar-refractivity contribution in [3.8, 4) is 0 Å². The van der Waals surface area contributed by atoms with Crippen molar-refractivity contribution in [2.75, 3.05) is 6.61 Å². The molecule has 0 aliphatic heterocycles. The number of hydrogen-bond donors (Lipinski definition) is 1. The fourth-order valence-corrected chi connectivity index (χ4v) is 2.90. The predicted octanol–water partition coefficient (Wildman–Crippen LogP) is 4.77. The molecule has 0 bridgehead atoms. The van der Waals surface area contributed by atoms with Crippen LogP contribution >= 0.6 is 11.6 Å². The number of rotatable bonds is 9. The number of hydrogen-bond acceptors (Lipinski definition) is 2. The summed E-state index contributed by atoms with van der Waals surface area (Å²) in [5, 5.41) is 3.82. The van der Waals surface area contributed by atoms with E-state index >= 15 is 0 Å². The second-order valence-corrected chi connectivity index (χ2v) is 7.25. The molecule has 2 aromatic carbocycles. The second-order valence-electron chi connectivity index (χ2n) is 6.84. The highest BCUT2D eigenvalue weighted by Gasteiger charge is 2.21. The average Bonchev–Trinajstić information content (AvgIpc) is 2.57. The summed E-state index contributed by atoms with van der Waals surface area (Å²) < 4.78 is 5.61. The zero-order chi connectivity index (χ0) is 18.1. The third kappa shape index (κ3) is 7.29. The van der Waals surface area contributed by atoms with Gasteiger partial charge in [0.15, 0.2) is 0 Å². The summed E-state index contributed by atoms with van der Waals surface area (Å²) >= 11 is 6.21. The summed E-state index contributed by atoms with van der Waals surface area (Å²) in [7, 11) is 0. The van der Waals surface area contributed by atoms with E-state index in [0.29, 0.717) is 32.5 Å². The van der Waals surface area contributed by atoms with Gasteiger partial charge in [-0.25, -0.2) is 0 Å². The van der Waals surface area contributed by atoms with E-state index in [1.54, 1.807) is 0 Å². The monoisotopic (exact) mass is 359 g/mol. The molecule has 25 heavy (non-hydrogen) atoms. The largest absolute Gasteiger partial charge is 0.377 e. The van der Waals surface area contributed by atoms with Crippen molar-refractivity contribution in [2.45, 2.75) is 45.3 Å². The van der Waals surface area contributed by atoms with Crippen molar-refractivity contribution in [2.24, 2.45) is 0 Å². The number of halogens is 1. The normalized spacial score (nSPS) is 11.3. The van der Waals surface area contributed by atoms with E-state index in [2.05, 4.69) is 5.32 Å². The number of ether oxygens (including phenoxy) is 1. The van der Waals surface area contributed by atoms with Crippen LogP contribution < -0.4 is 5.32 Å². The zero-order valence-corrected chi connectivity index (χ0v) is 15.7. The lowest BCUT2D eigenvalue weighted by Gasteiger charge is -2.27. The zero-order valence-electron chi connectivity index (χ0n) is 14.9. The molecule has 2 aromatic rings. The first-order valence-corrected chi connectivity index (χ1v) is 9.00. The van der Waals surface area contributed by atoms with Gasteiger partial charge >= 0.3 is 0 Å². The van der Waals surface area contributed by atoms with Crippen molar-refractivity contribution < 1.29 is 9.53 Å². The average molecular weight is 360 g/mol. The summed E-state index contributed by atoms with van der Waals surface area (Å²) in [6.45, 7) is 5.19. The summed E-state index contributed by atoms with van der Waals surface area (Å²) in [4.78, 5) is 12.2. The summed E-state index contributed by atoms with van der Waals surface area (Å²) in [5.74, 6) is 0.0420. The summed E-state index contributed by atoms with van der Waals surface area (Å²) in [5.41, 5.74) is 1.85. The van der Waals surface area contributed by atoms with Crippen LogP contribution in [0.4, 0.5) is 0 Å². The third-order valence-corrected chi connectivity index (χ3v) is 4.24. The first-order chi connectivity index (χ1) is 12.0. The van der Waals surface area contributed by atoms with Gasteiger partial charge in [-0.1, -0.05) is 60.1 Å². The molecule has 134 valence electrons. The summed E-state index contributed by atoms with van der Waals surface area (Å²) in [6.07, 6.45) is 1.87. The van der Waals surface area contributed by atoms with Gasteiger partial charge < -0.3 is 10.1 Å². The molecule has 1 N–H and O–H groups in total. The van der Waals surface area contributed by atoms with Crippen molar-refractivity contribution in [1.82, 2.24) is 5.32 Å². The van der Waals surface area contributed by atoms with Crippen LogP contribution in [-0.4, -0.2) is 18.1 Å². The number of amides is 1. The van der Waals surface area contributed by atoms with E-state index in [4.69, 9.17) is 16.3 Å². The van der Waals surface area contributed by atoms with Gasteiger partial charge in [-0.3, -0.25) is 4.79 Å². The van der Waals surface area contributed by atoms with E-state index in [1.807, 2.05) is 68.4 Å². The second kappa shape index (κ2) is 9.59. The van der Waals surface area contributed by atoms with Crippen LogP contribution in [0.5, 0.6) is 0 Å². The maximum Gasteiger partial charge on any atom is 0.220 e. The van der Waals surface area contributed by atoms with Gasteiger partial charge in [-0.05, 0) is 43.9 Å². The molecule has 0 spiro atoms. The minimum Gasteiger partial charge on any atom is -0.377 e. The smallest absolute Gasteiger partial charge is 0.220 e. The molecule has 0 aliphatic rings. The Hall–Kier alpha value is -1.84. The first-order valence-electron chi connectivity index (χ1n) is 8.62. The maximum absolute atomic E-state index is 12.2. The predicted molar refractivity (Wildman–Crippen MR) is 103 cm³/mol. The Labute approximate surface area is 155 Å². The molecule has 1 amide bonds. The Bertz CT molecular complexity index is 671. The van der Waals surface area contributed by atoms with Crippen molar-refractivity contribution in [1.29, 1.82) is 0 Å². The van der Waals surface area contributed by atoms with Gasteiger partial charge in [0, 0.05) is 23.6 Å². The van der Waals surface area contributed by atoms with E-state index in [1.165, 1.54) is 0 Å². The molecule has 0 aliphatic carbocycles. The Balaban J connectivity index is 1.67. The highest BCUT2D eigenvalue weighted by molar-refractivity contribution is 6.31.